The highest BCUT2D eigenvalue weighted by atomic mass is 35.5. The lowest BCUT2D eigenvalue weighted by Gasteiger charge is -2.35. The monoisotopic (exact) mass is 591 g/mol. The van der Waals surface area contributed by atoms with Crippen LogP contribution < -0.4 is 16.9 Å². The number of amides is 3. The molecule has 12 heteroatoms. The molecule has 2 rings (SSSR count). The average Bonchev–Trinajstić information content (AvgIpc) is 2.96. The number of nitrogens with one attached hydrogen (secondary N) is 1. The van der Waals surface area contributed by atoms with Crippen molar-refractivity contribution in [3.05, 3.63) is 70.7 Å². The van der Waals surface area contributed by atoms with E-state index in [1.807, 2.05) is 33.8 Å². The number of nitrogens with zero attached hydrogens (tertiary/aromatic N) is 2. The highest BCUT2D eigenvalue weighted by Gasteiger charge is 2.35. The van der Waals surface area contributed by atoms with Crippen molar-refractivity contribution in [2.24, 2.45) is 11.6 Å². The number of nitrogens with two attached hydrogens (primary N) is 2. The summed E-state index contributed by atoms with van der Waals surface area (Å²) in [7, 11) is 0. The van der Waals surface area contributed by atoms with Gasteiger partial charge in [-0.2, -0.15) is 5.90 Å². The molecule has 3 amide bonds. The van der Waals surface area contributed by atoms with Gasteiger partial charge in [0.05, 0.1) is 6.54 Å². The summed E-state index contributed by atoms with van der Waals surface area (Å²) in [5.41, 5.74) is 7.50. The first-order chi connectivity index (χ1) is 19.6. The molecule has 11 nitrogen and oxygen atoms in total. The Bertz CT molecular complexity index is 1080. The minimum Gasteiger partial charge on any atom is -0.357 e. The van der Waals surface area contributed by atoms with E-state index in [0.29, 0.717) is 18.2 Å². The lowest BCUT2D eigenvalue weighted by atomic mass is 10.0. The van der Waals surface area contributed by atoms with E-state index in [-0.39, 0.29) is 38.0 Å². The van der Waals surface area contributed by atoms with E-state index >= 15 is 0 Å². The van der Waals surface area contributed by atoms with E-state index in [2.05, 4.69) is 10.2 Å². The lowest BCUT2D eigenvalue weighted by Crippen LogP contribution is -2.59. The Morgan fingerprint density at radius 1 is 0.927 bits per heavy atom. The summed E-state index contributed by atoms with van der Waals surface area (Å²) in [6, 6.07) is 13.6. The highest BCUT2D eigenvalue weighted by molar-refractivity contribution is 6.30. The molecule has 5 N–H and O–H groups in total. The molecule has 2 aromatic rings. The first-order valence-corrected chi connectivity index (χ1v) is 14.0. The van der Waals surface area contributed by atoms with Crippen LogP contribution in [0.2, 0.25) is 5.02 Å². The third kappa shape index (κ3) is 10.6. The summed E-state index contributed by atoms with van der Waals surface area (Å²) < 4.78 is 11.4. The van der Waals surface area contributed by atoms with Gasteiger partial charge in [0.2, 0.25) is 11.8 Å². The van der Waals surface area contributed by atoms with Crippen molar-refractivity contribution in [3.63, 3.8) is 0 Å². The SMILES string of the molecule is CCOC(CN(C(=O)C(Cc1ccc(Cl)cc1)NC(=O)C(CN)N(Cc1ccccc1)C(=O)ON)C(C)C)OCC. The Balaban J connectivity index is 2.39. The van der Waals surface area contributed by atoms with Crippen LogP contribution in [0.5, 0.6) is 0 Å². The van der Waals surface area contributed by atoms with Gasteiger partial charge in [-0.05, 0) is 51.0 Å². The Kier molecular flexibility index (Phi) is 14.6. The number of benzene rings is 2. The molecule has 0 aliphatic heterocycles. The molecular formula is C29H42ClN5O6. The first-order valence-electron chi connectivity index (χ1n) is 13.6. The third-order valence-corrected chi connectivity index (χ3v) is 6.61. The number of rotatable bonds is 16. The van der Waals surface area contributed by atoms with Crippen molar-refractivity contribution >= 4 is 29.5 Å². The lowest BCUT2D eigenvalue weighted by molar-refractivity contribution is -0.163. The van der Waals surface area contributed by atoms with Gasteiger partial charge < -0.3 is 30.3 Å². The maximum atomic E-state index is 14.0. The summed E-state index contributed by atoms with van der Waals surface area (Å²) >= 11 is 6.06. The standard InChI is InChI=1S/C29H42ClN5O6/c1-5-39-26(40-6-2)19-34(20(3)4)28(37)24(16-21-12-14-23(30)15-13-21)33-27(36)25(17-31)35(29(38)41-32)18-22-10-8-7-9-11-22/h7-15,20,24-26H,5-6,16-19,31-32H2,1-4H3,(H,33,36). The predicted octanol–water partition coefficient (Wildman–Crippen LogP) is 2.84. The van der Waals surface area contributed by atoms with Crippen molar-refractivity contribution in [3.8, 4) is 0 Å². The quantitative estimate of drug-likeness (QED) is 0.199. The zero-order valence-corrected chi connectivity index (χ0v) is 24.9. The van der Waals surface area contributed by atoms with E-state index in [1.54, 1.807) is 53.4 Å². The summed E-state index contributed by atoms with van der Waals surface area (Å²) in [5.74, 6) is 4.22. The maximum Gasteiger partial charge on any atom is 0.429 e. The molecule has 0 aliphatic carbocycles. The van der Waals surface area contributed by atoms with Crippen molar-refractivity contribution < 1.29 is 28.7 Å². The van der Waals surface area contributed by atoms with Gasteiger partial charge in [0.1, 0.15) is 12.1 Å². The molecule has 0 bridgehead atoms. The van der Waals surface area contributed by atoms with Crippen LogP contribution in [-0.2, 0) is 36.9 Å². The fourth-order valence-electron chi connectivity index (χ4n) is 4.29. The molecule has 2 aromatic carbocycles. The van der Waals surface area contributed by atoms with Crippen LogP contribution in [0.1, 0.15) is 38.8 Å². The smallest absolute Gasteiger partial charge is 0.357 e. The van der Waals surface area contributed by atoms with Gasteiger partial charge in [0.15, 0.2) is 6.29 Å². The van der Waals surface area contributed by atoms with Gasteiger partial charge in [-0.3, -0.25) is 14.5 Å². The normalized spacial score (nSPS) is 12.6. The van der Waals surface area contributed by atoms with Crippen LogP contribution in [0.25, 0.3) is 0 Å². The number of carbonyl (C=O) groups excluding carboxylic acids is 3. The highest BCUT2D eigenvalue weighted by Crippen LogP contribution is 2.16. The molecule has 0 spiro atoms. The van der Waals surface area contributed by atoms with Crippen molar-refractivity contribution in [1.82, 2.24) is 15.1 Å². The molecule has 0 aliphatic rings. The topological polar surface area (TPSA) is 149 Å². The third-order valence-electron chi connectivity index (χ3n) is 6.36. The van der Waals surface area contributed by atoms with Gasteiger partial charge >= 0.3 is 6.09 Å². The van der Waals surface area contributed by atoms with Gasteiger partial charge in [0, 0.05) is 43.8 Å². The minimum absolute atomic E-state index is 0.0183. The molecule has 2 unspecified atom stereocenters. The molecule has 41 heavy (non-hydrogen) atoms. The average molecular weight is 592 g/mol. The molecule has 0 radical (unpaired) electrons. The summed E-state index contributed by atoms with van der Waals surface area (Å²) in [5, 5.41) is 3.38. The van der Waals surface area contributed by atoms with E-state index in [9.17, 15) is 14.4 Å². The second-order valence-corrected chi connectivity index (χ2v) is 10.0. The molecule has 0 fully saturated rings. The fraction of sp³-hybridized carbons (Fsp3) is 0.483. The van der Waals surface area contributed by atoms with Crippen LogP contribution in [0.15, 0.2) is 54.6 Å². The molecule has 226 valence electrons. The van der Waals surface area contributed by atoms with E-state index in [4.69, 9.17) is 32.7 Å². The number of halogens is 1. The zero-order chi connectivity index (χ0) is 30.4. The Labute approximate surface area is 247 Å². The van der Waals surface area contributed by atoms with Crippen molar-refractivity contribution in [2.75, 3.05) is 26.3 Å². The number of hydrogen-bond donors (Lipinski definition) is 3. The predicted molar refractivity (Wildman–Crippen MR) is 156 cm³/mol. The largest absolute Gasteiger partial charge is 0.429 e. The number of carbonyl (C=O) groups is 3. The van der Waals surface area contributed by atoms with Crippen LogP contribution >= 0.6 is 11.6 Å². The Morgan fingerprint density at radius 3 is 2.05 bits per heavy atom. The molecule has 0 saturated carbocycles. The van der Waals surface area contributed by atoms with Crippen molar-refractivity contribution in [2.45, 2.75) is 65.1 Å². The number of hydrogen-bond acceptors (Lipinski definition) is 8. The summed E-state index contributed by atoms with van der Waals surface area (Å²) in [6.07, 6.45) is -1.41. The molecule has 2 atom stereocenters. The minimum atomic E-state index is -1.17. The van der Waals surface area contributed by atoms with Crippen molar-refractivity contribution in [1.29, 1.82) is 0 Å². The fourth-order valence-corrected chi connectivity index (χ4v) is 4.42. The maximum absolute atomic E-state index is 14.0. The molecule has 0 aromatic heterocycles. The van der Waals surface area contributed by atoms with Gasteiger partial charge in [0.25, 0.3) is 0 Å². The molecule has 0 saturated heterocycles. The van der Waals surface area contributed by atoms with Crippen LogP contribution in [0, 0.1) is 0 Å². The van der Waals surface area contributed by atoms with Gasteiger partial charge in [-0.1, -0.05) is 54.1 Å². The summed E-state index contributed by atoms with van der Waals surface area (Å²) in [6.45, 7) is 8.18. The van der Waals surface area contributed by atoms with E-state index in [0.717, 1.165) is 16.0 Å². The van der Waals surface area contributed by atoms with E-state index < -0.39 is 30.4 Å². The van der Waals surface area contributed by atoms with Crippen LogP contribution in [0.3, 0.4) is 0 Å². The number of ether oxygens (including phenoxy) is 2. The molecular weight excluding hydrogens is 550 g/mol. The molecule has 0 heterocycles. The zero-order valence-electron chi connectivity index (χ0n) is 24.1. The van der Waals surface area contributed by atoms with Crippen LogP contribution in [0.4, 0.5) is 4.79 Å². The van der Waals surface area contributed by atoms with Gasteiger partial charge in [-0.15, -0.1) is 0 Å². The first kappa shape index (κ1) is 34.0. The van der Waals surface area contributed by atoms with E-state index in [1.165, 1.54) is 0 Å². The second kappa shape index (κ2) is 17.6. The Morgan fingerprint density at radius 2 is 1.54 bits per heavy atom. The van der Waals surface area contributed by atoms with Crippen LogP contribution in [-0.4, -0.2) is 78.4 Å². The second-order valence-electron chi connectivity index (χ2n) is 9.57. The Hall–Kier alpha value is -3.22. The van der Waals surface area contributed by atoms with Gasteiger partial charge in [-0.25, -0.2) is 4.79 Å². The summed E-state index contributed by atoms with van der Waals surface area (Å²) in [4.78, 5) is 47.5.